The van der Waals surface area contributed by atoms with Gasteiger partial charge in [0.15, 0.2) is 0 Å². The molecule has 3 nitrogen and oxygen atoms in total. The molecule has 0 amide bonds. The van der Waals surface area contributed by atoms with Crippen LogP contribution < -0.4 is 0 Å². The topological polar surface area (TPSA) is 34.9 Å². The van der Waals surface area contributed by atoms with Crippen molar-refractivity contribution in [2.75, 3.05) is 0 Å². The fourth-order valence-corrected chi connectivity index (χ4v) is 2.43. The fraction of sp³-hybridized carbons (Fsp3) is 0. The monoisotopic (exact) mass is 280 g/mol. The van der Waals surface area contributed by atoms with Crippen molar-refractivity contribution in [3.05, 3.63) is 76.2 Å². The van der Waals surface area contributed by atoms with Gasteiger partial charge in [0.25, 0.3) is 5.91 Å². The van der Waals surface area contributed by atoms with Crippen molar-refractivity contribution >= 4 is 29.4 Å². The molecule has 0 atom stereocenters. The molecule has 98 valence electrons. The van der Waals surface area contributed by atoms with Crippen LogP contribution in [0.15, 0.2) is 59.4 Å². The van der Waals surface area contributed by atoms with E-state index in [0.29, 0.717) is 5.56 Å². The predicted molar refractivity (Wildman–Crippen MR) is 81.6 cm³/mol. The molecule has 1 aromatic carbocycles. The molecule has 0 aliphatic heterocycles. The van der Waals surface area contributed by atoms with Crippen LogP contribution in [0.1, 0.15) is 21.6 Å². The summed E-state index contributed by atoms with van der Waals surface area (Å²) in [6.07, 6.45) is 5.55. The molecule has 0 saturated heterocycles. The predicted octanol–water partition coefficient (Wildman–Crippen LogP) is 3.80. The number of carbonyl (C=O) groups is 1. The Labute approximate surface area is 120 Å². The van der Waals surface area contributed by atoms with Gasteiger partial charge in [-0.3, -0.25) is 4.79 Å². The van der Waals surface area contributed by atoms with Gasteiger partial charge in [-0.1, -0.05) is 36.4 Å². The molecule has 0 spiro atoms. The lowest BCUT2D eigenvalue weighted by molar-refractivity contribution is 0.0945. The molecule has 0 N–H and O–H groups in total. The first kappa shape index (κ1) is 12.6. The number of carbonyl (C=O) groups excluding carboxylic acids is 1. The standard InChI is InChI=1S/C16H12N2OS/c19-16(14-9-11-20-12-14)18-10-8-15(17-18)7-6-13-4-2-1-3-5-13/h1-12H/b7-6+. The van der Waals surface area contributed by atoms with Crippen LogP contribution in [0.4, 0.5) is 0 Å². The summed E-state index contributed by atoms with van der Waals surface area (Å²) >= 11 is 1.50. The third-order valence-electron chi connectivity index (χ3n) is 2.83. The van der Waals surface area contributed by atoms with Crippen molar-refractivity contribution < 1.29 is 4.79 Å². The van der Waals surface area contributed by atoms with Gasteiger partial charge in [-0.25, -0.2) is 4.68 Å². The first-order valence-corrected chi connectivity index (χ1v) is 7.13. The molecule has 0 unspecified atom stereocenters. The van der Waals surface area contributed by atoms with E-state index in [1.807, 2.05) is 59.3 Å². The molecule has 2 aromatic heterocycles. The van der Waals surface area contributed by atoms with Gasteiger partial charge in [-0.05, 0) is 29.2 Å². The Morgan fingerprint density at radius 1 is 1.10 bits per heavy atom. The second-order valence-corrected chi connectivity index (χ2v) is 5.03. The summed E-state index contributed by atoms with van der Waals surface area (Å²) in [6.45, 7) is 0. The Morgan fingerprint density at radius 3 is 2.70 bits per heavy atom. The smallest absolute Gasteiger partial charge is 0.267 e. The highest BCUT2D eigenvalue weighted by atomic mass is 32.1. The SMILES string of the molecule is O=C(c1ccsc1)n1ccc(/C=C/c2ccccc2)n1. The number of thiophene rings is 1. The number of aromatic nitrogens is 2. The number of hydrogen-bond acceptors (Lipinski definition) is 3. The van der Waals surface area contributed by atoms with Crippen LogP contribution in [0.5, 0.6) is 0 Å². The minimum Gasteiger partial charge on any atom is -0.267 e. The van der Waals surface area contributed by atoms with E-state index >= 15 is 0 Å². The summed E-state index contributed by atoms with van der Waals surface area (Å²) in [5.74, 6) is -0.106. The van der Waals surface area contributed by atoms with Crippen LogP contribution in [0.3, 0.4) is 0 Å². The quantitative estimate of drug-likeness (QED) is 0.731. The average Bonchev–Trinajstić information content (AvgIpc) is 3.17. The zero-order valence-electron chi connectivity index (χ0n) is 10.6. The van der Waals surface area contributed by atoms with Gasteiger partial charge < -0.3 is 0 Å². The Balaban J connectivity index is 1.77. The second-order valence-electron chi connectivity index (χ2n) is 4.25. The molecule has 20 heavy (non-hydrogen) atoms. The van der Waals surface area contributed by atoms with Crippen LogP contribution in [0.25, 0.3) is 12.2 Å². The zero-order valence-corrected chi connectivity index (χ0v) is 11.5. The summed E-state index contributed by atoms with van der Waals surface area (Å²) in [6, 6.07) is 13.6. The van der Waals surface area contributed by atoms with E-state index in [9.17, 15) is 4.79 Å². The van der Waals surface area contributed by atoms with Gasteiger partial charge >= 0.3 is 0 Å². The molecule has 0 saturated carbocycles. The molecule has 4 heteroatoms. The van der Waals surface area contributed by atoms with Crippen LogP contribution in [0, 0.1) is 0 Å². The van der Waals surface area contributed by atoms with Gasteiger partial charge in [-0.2, -0.15) is 16.4 Å². The molecule has 0 radical (unpaired) electrons. The fourth-order valence-electron chi connectivity index (χ4n) is 1.80. The zero-order chi connectivity index (χ0) is 13.8. The molecule has 0 fully saturated rings. The van der Waals surface area contributed by atoms with Gasteiger partial charge in [-0.15, -0.1) is 0 Å². The highest BCUT2D eigenvalue weighted by molar-refractivity contribution is 7.08. The molecular formula is C16H12N2OS. The van der Waals surface area contributed by atoms with Crippen molar-refractivity contribution in [1.82, 2.24) is 9.78 Å². The maximum absolute atomic E-state index is 12.1. The van der Waals surface area contributed by atoms with Crippen molar-refractivity contribution in [3.8, 4) is 0 Å². The molecule has 3 aromatic rings. The molecule has 0 bridgehead atoms. The number of rotatable bonds is 3. The summed E-state index contributed by atoms with van der Waals surface area (Å²) < 4.78 is 1.37. The highest BCUT2D eigenvalue weighted by Crippen LogP contribution is 2.10. The van der Waals surface area contributed by atoms with E-state index < -0.39 is 0 Å². The van der Waals surface area contributed by atoms with Gasteiger partial charge in [0.05, 0.1) is 11.3 Å². The Morgan fingerprint density at radius 2 is 1.95 bits per heavy atom. The van der Waals surface area contributed by atoms with Crippen molar-refractivity contribution in [3.63, 3.8) is 0 Å². The number of hydrogen-bond donors (Lipinski definition) is 0. The van der Waals surface area contributed by atoms with E-state index in [1.54, 1.807) is 12.3 Å². The third-order valence-corrected chi connectivity index (χ3v) is 3.52. The van der Waals surface area contributed by atoms with E-state index in [0.717, 1.165) is 11.3 Å². The Bertz CT molecular complexity index is 727. The van der Waals surface area contributed by atoms with Gasteiger partial charge in [0.2, 0.25) is 0 Å². The maximum atomic E-state index is 12.1. The summed E-state index contributed by atoms with van der Waals surface area (Å²) in [4.78, 5) is 12.1. The third kappa shape index (κ3) is 2.75. The molecule has 2 heterocycles. The summed E-state index contributed by atoms with van der Waals surface area (Å²) in [7, 11) is 0. The minimum atomic E-state index is -0.106. The minimum absolute atomic E-state index is 0.106. The van der Waals surface area contributed by atoms with Crippen LogP contribution in [0.2, 0.25) is 0 Å². The largest absolute Gasteiger partial charge is 0.278 e. The summed E-state index contributed by atoms with van der Waals surface area (Å²) in [5, 5.41) is 7.97. The van der Waals surface area contributed by atoms with E-state index in [-0.39, 0.29) is 5.91 Å². The Kier molecular flexibility index (Phi) is 3.56. The van der Waals surface area contributed by atoms with E-state index in [2.05, 4.69) is 5.10 Å². The lowest BCUT2D eigenvalue weighted by atomic mass is 10.2. The van der Waals surface area contributed by atoms with Crippen LogP contribution in [-0.2, 0) is 0 Å². The lowest BCUT2D eigenvalue weighted by Gasteiger charge is -1.95. The number of benzene rings is 1. The first-order chi connectivity index (χ1) is 9.83. The van der Waals surface area contributed by atoms with Crippen LogP contribution in [-0.4, -0.2) is 15.7 Å². The molecular weight excluding hydrogens is 268 g/mol. The maximum Gasteiger partial charge on any atom is 0.278 e. The normalized spacial score (nSPS) is 11.0. The van der Waals surface area contributed by atoms with Crippen molar-refractivity contribution in [1.29, 1.82) is 0 Å². The highest BCUT2D eigenvalue weighted by Gasteiger charge is 2.09. The van der Waals surface area contributed by atoms with Gasteiger partial charge in [0, 0.05) is 11.6 Å². The van der Waals surface area contributed by atoms with Crippen molar-refractivity contribution in [2.45, 2.75) is 0 Å². The van der Waals surface area contributed by atoms with E-state index in [4.69, 9.17) is 0 Å². The lowest BCUT2D eigenvalue weighted by Crippen LogP contribution is -2.11. The van der Waals surface area contributed by atoms with Crippen LogP contribution >= 0.6 is 11.3 Å². The first-order valence-electron chi connectivity index (χ1n) is 6.19. The summed E-state index contributed by atoms with van der Waals surface area (Å²) in [5.41, 5.74) is 2.53. The van der Waals surface area contributed by atoms with Gasteiger partial charge in [0.1, 0.15) is 0 Å². The van der Waals surface area contributed by atoms with Crippen molar-refractivity contribution in [2.24, 2.45) is 0 Å². The molecule has 3 rings (SSSR count). The number of nitrogens with zero attached hydrogens (tertiary/aromatic N) is 2. The molecule has 0 aliphatic rings. The average molecular weight is 280 g/mol. The molecule has 0 aliphatic carbocycles. The second kappa shape index (κ2) is 5.67. The van der Waals surface area contributed by atoms with E-state index in [1.165, 1.54) is 16.0 Å². The Hall–Kier alpha value is -2.46.